The standard InChI is InChI=1S/C21H34O4/c1-14(2)16-11-9-15(10-12-16)13-17(18(22)24-20(3,4)5)19(23)25-21(6,7)8/h9,16-17H,1,10-13H2,2-8H3/t16-/m1/s1. The summed E-state index contributed by atoms with van der Waals surface area (Å²) in [4.78, 5) is 25.1. The van der Waals surface area contributed by atoms with Gasteiger partial charge in [-0.25, -0.2) is 0 Å². The Hall–Kier alpha value is -1.58. The van der Waals surface area contributed by atoms with Gasteiger partial charge in [0, 0.05) is 0 Å². The number of carbonyl (C=O) groups is 2. The molecule has 0 saturated carbocycles. The van der Waals surface area contributed by atoms with Gasteiger partial charge in [-0.05, 0) is 80.1 Å². The zero-order valence-corrected chi connectivity index (χ0v) is 16.9. The molecule has 4 nitrogen and oxygen atoms in total. The van der Waals surface area contributed by atoms with Crippen LogP contribution in [0.4, 0.5) is 0 Å². The average Bonchev–Trinajstić information content (AvgIpc) is 2.41. The summed E-state index contributed by atoms with van der Waals surface area (Å²) in [7, 11) is 0. The highest BCUT2D eigenvalue weighted by Gasteiger charge is 2.35. The molecule has 0 radical (unpaired) electrons. The van der Waals surface area contributed by atoms with Crippen LogP contribution in [0.1, 0.15) is 74.1 Å². The lowest BCUT2D eigenvalue weighted by Crippen LogP contribution is -2.37. The van der Waals surface area contributed by atoms with Crippen LogP contribution in [0.3, 0.4) is 0 Å². The highest BCUT2D eigenvalue weighted by Crippen LogP contribution is 2.32. The van der Waals surface area contributed by atoms with E-state index in [2.05, 4.69) is 12.7 Å². The molecule has 0 aromatic rings. The van der Waals surface area contributed by atoms with E-state index in [9.17, 15) is 9.59 Å². The normalized spacial score (nSPS) is 18.6. The lowest BCUT2D eigenvalue weighted by molar-refractivity contribution is -0.174. The Labute approximate surface area is 152 Å². The van der Waals surface area contributed by atoms with Crippen molar-refractivity contribution in [1.82, 2.24) is 0 Å². The number of hydrogen-bond acceptors (Lipinski definition) is 4. The maximum Gasteiger partial charge on any atom is 0.321 e. The fourth-order valence-electron chi connectivity index (χ4n) is 2.79. The van der Waals surface area contributed by atoms with Crippen LogP contribution in [0.25, 0.3) is 0 Å². The summed E-state index contributed by atoms with van der Waals surface area (Å²) in [5.41, 5.74) is 1.04. The van der Waals surface area contributed by atoms with Gasteiger partial charge in [0.15, 0.2) is 5.92 Å². The lowest BCUT2D eigenvalue weighted by Gasteiger charge is -2.28. The minimum absolute atomic E-state index is 0.368. The van der Waals surface area contributed by atoms with Crippen molar-refractivity contribution in [2.24, 2.45) is 11.8 Å². The molecule has 0 fully saturated rings. The summed E-state index contributed by atoms with van der Waals surface area (Å²) in [6.07, 6.45) is 5.31. The van der Waals surface area contributed by atoms with Gasteiger partial charge in [0.25, 0.3) is 0 Å². The minimum Gasteiger partial charge on any atom is -0.459 e. The molecule has 142 valence electrons. The van der Waals surface area contributed by atoms with E-state index in [1.165, 1.54) is 5.57 Å². The summed E-state index contributed by atoms with van der Waals surface area (Å²) >= 11 is 0. The Morgan fingerprint density at radius 3 is 1.92 bits per heavy atom. The summed E-state index contributed by atoms with van der Waals surface area (Å²) < 4.78 is 10.9. The van der Waals surface area contributed by atoms with Crippen LogP contribution in [0.5, 0.6) is 0 Å². The molecular formula is C21H34O4. The molecule has 0 spiro atoms. The first kappa shape index (κ1) is 21.5. The third-order valence-electron chi connectivity index (χ3n) is 4.05. The van der Waals surface area contributed by atoms with Gasteiger partial charge in [0.05, 0.1) is 0 Å². The van der Waals surface area contributed by atoms with E-state index in [1.807, 2.05) is 6.92 Å². The first-order chi connectivity index (χ1) is 11.3. The zero-order chi connectivity index (χ0) is 19.4. The van der Waals surface area contributed by atoms with Gasteiger partial charge in [-0.2, -0.15) is 0 Å². The summed E-state index contributed by atoms with van der Waals surface area (Å²) in [6.45, 7) is 16.9. The molecule has 0 aromatic carbocycles. The Bertz CT molecular complexity index is 515. The van der Waals surface area contributed by atoms with E-state index in [1.54, 1.807) is 41.5 Å². The van der Waals surface area contributed by atoms with Gasteiger partial charge in [0.2, 0.25) is 0 Å². The molecular weight excluding hydrogens is 316 g/mol. The minimum atomic E-state index is -0.911. The van der Waals surface area contributed by atoms with E-state index < -0.39 is 29.1 Å². The molecule has 4 heteroatoms. The first-order valence-electron chi connectivity index (χ1n) is 9.07. The fraction of sp³-hybridized carbons (Fsp3) is 0.714. The second kappa shape index (κ2) is 8.20. The van der Waals surface area contributed by atoms with E-state index in [4.69, 9.17) is 9.47 Å². The lowest BCUT2D eigenvalue weighted by atomic mass is 9.82. The number of hydrogen-bond donors (Lipinski definition) is 0. The Morgan fingerprint density at radius 1 is 1.12 bits per heavy atom. The number of ether oxygens (including phenoxy) is 2. The number of allylic oxidation sites excluding steroid dienone is 3. The molecule has 0 saturated heterocycles. The van der Waals surface area contributed by atoms with Gasteiger partial charge < -0.3 is 9.47 Å². The molecule has 0 N–H and O–H groups in total. The van der Waals surface area contributed by atoms with Crippen LogP contribution in [-0.2, 0) is 19.1 Å². The number of carbonyl (C=O) groups excluding carboxylic acids is 2. The van der Waals surface area contributed by atoms with Crippen LogP contribution >= 0.6 is 0 Å². The van der Waals surface area contributed by atoms with E-state index in [-0.39, 0.29) is 0 Å². The smallest absolute Gasteiger partial charge is 0.321 e. The number of rotatable bonds is 5. The van der Waals surface area contributed by atoms with Crippen molar-refractivity contribution in [2.45, 2.75) is 85.4 Å². The van der Waals surface area contributed by atoms with Crippen LogP contribution < -0.4 is 0 Å². The highest BCUT2D eigenvalue weighted by atomic mass is 16.6. The predicted molar refractivity (Wildman–Crippen MR) is 100 cm³/mol. The third-order valence-corrected chi connectivity index (χ3v) is 4.05. The van der Waals surface area contributed by atoms with E-state index in [0.717, 1.165) is 24.8 Å². The van der Waals surface area contributed by atoms with Crippen molar-refractivity contribution in [3.8, 4) is 0 Å². The second-order valence-corrected chi connectivity index (χ2v) is 9.00. The van der Waals surface area contributed by atoms with Crippen molar-refractivity contribution >= 4 is 11.9 Å². The average molecular weight is 350 g/mol. The SMILES string of the molecule is C=C(C)[C@@H]1CC=C(CC(C(=O)OC(C)(C)C)C(=O)OC(C)(C)C)CC1. The Morgan fingerprint density at radius 2 is 1.60 bits per heavy atom. The Balaban J connectivity index is 2.90. The van der Waals surface area contributed by atoms with Gasteiger partial charge in [-0.1, -0.05) is 23.8 Å². The molecule has 0 heterocycles. The Kier molecular flexibility index (Phi) is 7.04. The maximum absolute atomic E-state index is 12.6. The quantitative estimate of drug-likeness (QED) is 0.399. The molecule has 1 atom stereocenters. The van der Waals surface area contributed by atoms with Gasteiger partial charge in [-0.3, -0.25) is 9.59 Å². The highest BCUT2D eigenvalue weighted by molar-refractivity contribution is 5.95. The van der Waals surface area contributed by atoms with Crippen molar-refractivity contribution < 1.29 is 19.1 Å². The second-order valence-electron chi connectivity index (χ2n) is 9.00. The molecule has 1 aliphatic carbocycles. The molecule has 0 unspecified atom stereocenters. The van der Waals surface area contributed by atoms with E-state index in [0.29, 0.717) is 12.3 Å². The van der Waals surface area contributed by atoms with Crippen molar-refractivity contribution in [3.05, 3.63) is 23.8 Å². The topological polar surface area (TPSA) is 52.6 Å². The summed E-state index contributed by atoms with van der Waals surface area (Å²) in [5, 5.41) is 0. The third kappa shape index (κ3) is 7.89. The van der Waals surface area contributed by atoms with Crippen molar-refractivity contribution in [2.75, 3.05) is 0 Å². The monoisotopic (exact) mass is 350 g/mol. The van der Waals surface area contributed by atoms with Gasteiger partial charge in [-0.15, -0.1) is 0 Å². The van der Waals surface area contributed by atoms with Crippen molar-refractivity contribution in [3.63, 3.8) is 0 Å². The van der Waals surface area contributed by atoms with E-state index >= 15 is 0 Å². The molecule has 1 aliphatic rings. The molecule has 0 bridgehead atoms. The molecule has 1 rings (SSSR count). The van der Waals surface area contributed by atoms with Crippen LogP contribution in [0.15, 0.2) is 23.8 Å². The molecule has 0 aliphatic heterocycles. The fourth-order valence-corrected chi connectivity index (χ4v) is 2.79. The predicted octanol–water partition coefficient (Wildman–Crippen LogP) is 4.98. The number of esters is 2. The maximum atomic E-state index is 12.6. The van der Waals surface area contributed by atoms with Crippen LogP contribution in [0.2, 0.25) is 0 Å². The zero-order valence-electron chi connectivity index (χ0n) is 16.9. The molecule has 0 aromatic heterocycles. The molecule has 0 amide bonds. The van der Waals surface area contributed by atoms with Gasteiger partial charge >= 0.3 is 11.9 Å². The largest absolute Gasteiger partial charge is 0.459 e. The first-order valence-corrected chi connectivity index (χ1v) is 9.07. The van der Waals surface area contributed by atoms with Crippen LogP contribution in [0, 0.1) is 11.8 Å². The summed E-state index contributed by atoms with van der Waals surface area (Å²) in [5.74, 6) is -1.44. The van der Waals surface area contributed by atoms with Crippen molar-refractivity contribution in [1.29, 1.82) is 0 Å². The van der Waals surface area contributed by atoms with Crippen LogP contribution in [-0.4, -0.2) is 23.1 Å². The summed E-state index contributed by atoms with van der Waals surface area (Å²) in [6, 6.07) is 0. The van der Waals surface area contributed by atoms with Gasteiger partial charge in [0.1, 0.15) is 11.2 Å². The molecule has 25 heavy (non-hydrogen) atoms.